The average molecular weight is 272 g/mol. The molecule has 1 rings (SSSR count). The highest BCUT2D eigenvalue weighted by Gasteiger charge is 2.44. The number of quaternary nitrogens is 1. The summed E-state index contributed by atoms with van der Waals surface area (Å²) < 4.78 is 4.73. The summed E-state index contributed by atoms with van der Waals surface area (Å²) in [5.74, 6) is -1.45. The summed E-state index contributed by atoms with van der Waals surface area (Å²) in [4.78, 5) is 34.2. The summed E-state index contributed by atoms with van der Waals surface area (Å²) in [7, 11) is 0. The third-order valence-corrected chi connectivity index (χ3v) is 2.81. The molecule has 1 saturated heterocycles. The van der Waals surface area contributed by atoms with Crippen molar-refractivity contribution in [1.29, 1.82) is 0 Å². The Labute approximate surface area is 112 Å². The summed E-state index contributed by atoms with van der Waals surface area (Å²) in [6, 6.07) is 0. The van der Waals surface area contributed by atoms with Gasteiger partial charge in [0.25, 0.3) is 0 Å². The lowest BCUT2D eigenvalue weighted by atomic mass is 10.2. The third kappa shape index (κ3) is 4.51. The zero-order chi connectivity index (χ0) is 14.7. The fourth-order valence-electron chi connectivity index (χ4n) is 2.01. The number of aliphatic carboxylic acids is 1. The Morgan fingerprint density at radius 3 is 2.47 bits per heavy atom. The second-order valence-corrected chi connectivity index (χ2v) is 5.65. The Morgan fingerprint density at radius 1 is 1.42 bits per heavy atom. The van der Waals surface area contributed by atoms with Crippen molar-refractivity contribution < 1.29 is 28.8 Å². The number of carbonyl (C=O) groups excluding carboxylic acids is 3. The van der Waals surface area contributed by atoms with Gasteiger partial charge in [0.2, 0.25) is 0 Å². The molecule has 1 heterocycles. The van der Waals surface area contributed by atoms with E-state index in [2.05, 4.69) is 5.43 Å². The van der Waals surface area contributed by atoms with E-state index in [0.717, 1.165) is 0 Å². The van der Waals surface area contributed by atoms with Crippen molar-refractivity contribution in [3.05, 3.63) is 0 Å². The van der Waals surface area contributed by atoms with Crippen LogP contribution < -0.4 is 10.5 Å². The minimum absolute atomic E-state index is 0.0135. The number of nitrogens with zero attached hydrogens (tertiary/aromatic N) is 1. The van der Waals surface area contributed by atoms with Gasteiger partial charge in [0.05, 0.1) is 6.42 Å². The van der Waals surface area contributed by atoms with Crippen molar-refractivity contribution in [3.63, 3.8) is 0 Å². The fourth-order valence-corrected chi connectivity index (χ4v) is 2.01. The van der Waals surface area contributed by atoms with Gasteiger partial charge >= 0.3 is 12.0 Å². The molecule has 0 saturated carbocycles. The second kappa shape index (κ2) is 5.56. The molecule has 7 nitrogen and oxygen atoms in total. The average Bonchev–Trinajstić information content (AvgIpc) is 2.55. The second-order valence-electron chi connectivity index (χ2n) is 5.65. The molecule has 7 heteroatoms. The topological polar surface area (TPSA) is 95.5 Å². The summed E-state index contributed by atoms with van der Waals surface area (Å²) in [6.07, 6.45) is -0.0763. The number of carboxylic acid groups (broad SMARTS) is 1. The van der Waals surface area contributed by atoms with Crippen LogP contribution in [-0.4, -0.2) is 41.3 Å². The molecule has 0 aromatic heterocycles. The van der Waals surface area contributed by atoms with Crippen molar-refractivity contribution >= 4 is 18.0 Å². The third-order valence-electron chi connectivity index (χ3n) is 2.81. The van der Waals surface area contributed by atoms with Gasteiger partial charge in [0.15, 0.2) is 0 Å². The van der Waals surface area contributed by atoms with Crippen molar-refractivity contribution in [1.82, 2.24) is 5.43 Å². The molecule has 2 amide bonds. The number of hydrogen-bond donors (Lipinski definition) is 1. The quantitative estimate of drug-likeness (QED) is 0.709. The Bertz CT molecular complexity index is 388. The van der Waals surface area contributed by atoms with Crippen LogP contribution >= 0.6 is 0 Å². The standard InChI is InChI=1S/C12H20N2O5/c1-12(2,3)19-11(18)13-14(8-6-10(16)17)7-4-5-9(14)15/h4-8H2,1-3H3,(H-,13,16,17,18)/t14-/m0/s1. The fraction of sp³-hybridized carbons (Fsp3) is 0.750. The van der Waals surface area contributed by atoms with Crippen LogP contribution in [0.5, 0.6) is 0 Å². The van der Waals surface area contributed by atoms with Crippen LogP contribution in [0.1, 0.15) is 40.0 Å². The smallest absolute Gasteiger partial charge is 0.452 e. The van der Waals surface area contributed by atoms with Gasteiger partial charge < -0.3 is 14.6 Å². The van der Waals surface area contributed by atoms with Crippen molar-refractivity contribution in [2.45, 2.75) is 45.6 Å². The van der Waals surface area contributed by atoms with E-state index in [0.29, 0.717) is 19.4 Å². The predicted molar refractivity (Wildman–Crippen MR) is 63.2 cm³/mol. The summed E-state index contributed by atoms with van der Waals surface area (Å²) in [5.41, 5.74) is 1.81. The van der Waals surface area contributed by atoms with E-state index in [1.165, 1.54) is 0 Å². The molecule has 0 spiro atoms. The molecule has 1 N–H and O–H groups in total. The van der Waals surface area contributed by atoms with Crippen molar-refractivity contribution in [2.75, 3.05) is 13.1 Å². The Hall–Kier alpha value is -1.63. The first-order chi connectivity index (χ1) is 8.65. The summed E-state index contributed by atoms with van der Waals surface area (Å²) >= 11 is 0. The van der Waals surface area contributed by atoms with Crippen LogP contribution in [0.25, 0.3) is 0 Å². The van der Waals surface area contributed by atoms with Gasteiger partial charge in [-0.15, -0.1) is 0 Å². The van der Waals surface area contributed by atoms with Gasteiger partial charge in [-0.05, 0) is 20.8 Å². The lowest BCUT2D eigenvalue weighted by molar-refractivity contribution is -0.882. The highest BCUT2D eigenvalue weighted by molar-refractivity contribution is 5.74. The molecule has 1 aliphatic heterocycles. The van der Waals surface area contributed by atoms with Crippen molar-refractivity contribution in [2.24, 2.45) is 0 Å². The van der Waals surface area contributed by atoms with E-state index in [4.69, 9.17) is 4.74 Å². The minimum Gasteiger partial charge on any atom is -0.550 e. The van der Waals surface area contributed by atoms with E-state index in [1.807, 2.05) is 0 Å². The van der Waals surface area contributed by atoms with Crippen molar-refractivity contribution in [3.8, 4) is 0 Å². The number of hydrogen-bond acceptors (Lipinski definition) is 5. The van der Waals surface area contributed by atoms with Gasteiger partial charge in [-0.1, -0.05) is 0 Å². The zero-order valence-corrected chi connectivity index (χ0v) is 11.5. The summed E-state index contributed by atoms with van der Waals surface area (Å²) in [5, 5.41) is 10.5. The number of likely N-dealkylation sites (tertiary alicyclic amines) is 1. The summed E-state index contributed by atoms with van der Waals surface area (Å²) in [6.45, 7) is 5.50. The lowest BCUT2D eigenvalue weighted by Crippen LogP contribution is -2.62. The maximum Gasteiger partial charge on any atom is 0.452 e. The largest absolute Gasteiger partial charge is 0.550 e. The Kier molecular flexibility index (Phi) is 4.52. The van der Waals surface area contributed by atoms with Crippen LogP contribution in [0.15, 0.2) is 0 Å². The van der Waals surface area contributed by atoms with E-state index in [9.17, 15) is 19.5 Å². The molecule has 0 unspecified atom stereocenters. The molecular weight excluding hydrogens is 252 g/mol. The maximum atomic E-state index is 11.9. The normalized spacial score (nSPS) is 23.2. The van der Waals surface area contributed by atoms with Gasteiger partial charge in [0.1, 0.15) is 18.7 Å². The molecular formula is C12H20N2O5. The van der Waals surface area contributed by atoms with Crippen LogP contribution in [-0.2, 0) is 14.3 Å². The van der Waals surface area contributed by atoms with Gasteiger partial charge in [0, 0.05) is 18.8 Å². The number of carbonyl (C=O) groups is 3. The molecule has 19 heavy (non-hydrogen) atoms. The Morgan fingerprint density at radius 2 is 2.05 bits per heavy atom. The molecule has 1 aliphatic rings. The molecule has 0 bridgehead atoms. The number of amides is 2. The van der Waals surface area contributed by atoms with Crippen LogP contribution in [0.3, 0.4) is 0 Å². The van der Waals surface area contributed by atoms with E-state index in [1.54, 1.807) is 20.8 Å². The molecule has 0 aromatic carbocycles. The molecule has 108 valence electrons. The van der Waals surface area contributed by atoms with Gasteiger partial charge in [-0.2, -0.15) is 10.0 Å². The first kappa shape index (κ1) is 15.4. The Balaban J connectivity index is 2.73. The lowest BCUT2D eigenvalue weighted by Gasteiger charge is -2.31. The molecule has 0 aliphatic carbocycles. The van der Waals surface area contributed by atoms with Crippen LogP contribution in [0.2, 0.25) is 0 Å². The first-order valence-electron chi connectivity index (χ1n) is 6.26. The van der Waals surface area contributed by atoms with E-state index in [-0.39, 0.29) is 23.5 Å². The highest BCUT2D eigenvalue weighted by atomic mass is 16.6. The number of rotatable bonds is 4. The molecule has 1 atom stereocenters. The van der Waals surface area contributed by atoms with E-state index >= 15 is 0 Å². The minimum atomic E-state index is -1.25. The van der Waals surface area contributed by atoms with Crippen LogP contribution in [0.4, 0.5) is 4.79 Å². The molecule has 0 aromatic rings. The first-order valence-corrected chi connectivity index (χ1v) is 6.26. The number of carboxylic acids is 1. The van der Waals surface area contributed by atoms with Gasteiger partial charge in [-0.3, -0.25) is 0 Å². The SMILES string of the molecule is CC(C)(C)OC(=O)N[N@+]1(CCC(=O)[O-])CCCC1=O. The molecule has 1 fully saturated rings. The number of nitrogens with one attached hydrogen (secondary N) is 1. The zero-order valence-electron chi connectivity index (χ0n) is 11.5. The maximum absolute atomic E-state index is 11.9. The predicted octanol–water partition coefficient (Wildman–Crippen LogP) is -0.297. The van der Waals surface area contributed by atoms with Crippen LogP contribution in [0, 0.1) is 0 Å². The molecule has 0 radical (unpaired) electrons. The van der Waals surface area contributed by atoms with Gasteiger partial charge in [-0.25, -0.2) is 9.59 Å². The number of ether oxygens (including phenoxy) is 1. The monoisotopic (exact) mass is 272 g/mol. The highest BCUT2D eigenvalue weighted by Crippen LogP contribution is 2.19. The van der Waals surface area contributed by atoms with E-state index < -0.39 is 17.7 Å².